The number of hydrogen-bond donors (Lipinski definition) is 4. The van der Waals surface area contributed by atoms with Crippen LogP contribution in [0.5, 0.6) is 0 Å². The molecule has 2 saturated carbocycles. The molecule has 4 aliphatic carbocycles. The van der Waals surface area contributed by atoms with E-state index in [9.17, 15) is 25.2 Å². The molecule has 1 unspecified atom stereocenters. The Bertz CT molecular complexity index is 1430. The Morgan fingerprint density at radius 1 is 1.15 bits per heavy atom. The maximum Gasteiger partial charge on any atom is 0.342 e. The number of aryl methyl sites for hydroxylation is 1. The highest BCUT2D eigenvalue weighted by Crippen LogP contribution is 2.72. The van der Waals surface area contributed by atoms with Gasteiger partial charge >= 0.3 is 5.97 Å². The van der Waals surface area contributed by atoms with Crippen LogP contribution in [0.1, 0.15) is 55.9 Å². The van der Waals surface area contributed by atoms with Crippen molar-refractivity contribution in [2.45, 2.75) is 71.9 Å². The summed E-state index contributed by atoms with van der Waals surface area (Å²) in [7, 11) is 0. The van der Waals surface area contributed by atoms with E-state index in [1.807, 2.05) is 43.3 Å². The fraction of sp³-hybridized carbons (Fsp3) is 0.562. The van der Waals surface area contributed by atoms with Gasteiger partial charge < -0.3 is 25.2 Å². The van der Waals surface area contributed by atoms with Crippen LogP contribution in [0.3, 0.4) is 0 Å². The van der Waals surface area contributed by atoms with E-state index in [1.54, 1.807) is 31.5 Å². The summed E-state index contributed by atoms with van der Waals surface area (Å²) in [6.07, 6.45) is 0.564. The third kappa shape index (κ3) is 3.33. The van der Waals surface area contributed by atoms with E-state index < -0.39 is 41.9 Å². The van der Waals surface area contributed by atoms with Gasteiger partial charge in [-0.1, -0.05) is 51.1 Å². The first kappa shape index (κ1) is 27.4. The molecule has 8 nitrogen and oxygen atoms in total. The average Bonchev–Trinajstić information content (AvgIpc) is 3.23. The van der Waals surface area contributed by atoms with E-state index in [2.05, 4.69) is 18.9 Å². The summed E-state index contributed by atoms with van der Waals surface area (Å²) in [5.74, 6) is -0.757. The van der Waals surface area contributed by atoms with Crippen LogP contribution in [0.2, 0.25) is 0 Å². The van der Waals surface area contributed by atoms with Crippen LogP contribution in [0.4, 0.5) is 0 Å². The third-order valence-electron chi connectivity index (χ3n) is 10.9. The molecule has 2 aromatic rings. The Balaban J connectivity index is 1.43. The van der Waals surface area contributed by atoms with Crippen molar-refractivity contribution in [2.75, 3.05) is 6.61 Å². The molecule has 9 atom stereocenters. The normalized spacial score (nSPS) is 39.3. The van der Waals surface area contributed by atoms with Gasteiger partial charge in [0.1, 0.15) is 17.3 Å². The van der Waals surface area contributed by atoms with E-state index in [0.29, 0.717) is 22.9 Å². The van der Waals surface area contributed by atoms with Crippen molar-refractivity contribution in [1.82, 2.24) is 9.78 Å². The van der Waals surface area contributed by atoms with Gasteiger partial charge in [-0.15, -0.1) is 0 Å². The first-order valence-corrected chi connectivity index (χ1v) is 14.2. The molecule has 1 spiro atoms. The number of ether oxygens (including phenoxy) is 1. The molecule has 40 heavy (non-hydrogen) atoms. The lowest BCUT2D eigenvalue weighted by molar-refractivity contribution is -0.215. The number of benzene rings is 1. The van der Waals surface area contributed by atoms with E-state index >= 15 is 0 Å². The predicted octanol–water partition coefficient (Wildman–Crippen LogP) is 3.27. The summed E-state index contributed by atoms with van der Waals surface area (Å²) in [6.45, 7) is 11.2. The maximum atomic E-state index is 13.8. The maximum absolute atomic E-state index is 13.8. The summed E-state index contributed by atoms with van der Waals surface area (Å²) < 4.78 is 7.81. The summed E-state index contributed by atoms with van der Waals surface area (Å²) in [4.78, 5) is 13.8. The molecule has 1 aromatic carbocycles. The molecule has 1 aromatic heterocycles. The molecular formula is C32H40N2O6. The lowest BCUT2D eigenvalue weighted by Crippen LogP contribution is -2.66. The number of aliphatic hydroxyl groups is 4. The molecule has 0 saturated heterocycles. The summed E-state index contributed by atoms with van der Waals surface area (Å²) >= 11 is 0. The minimum atomic E-state index is -2.08. The zero-order valence-corrected chi connectivity index (χ0v) is 24.0. The Morgan fingerprint density at radius 3 is 2.48 bits per heavy atom. The molecular weight excluding hydrogens is 508 g/mol. The monoisotopic (exact) mass is 548 g/mol. The molecule has 6 rings (SSSR count). The van der Waals surface area contributed by atoms with Crippen LogP contribution in [0, 0.1) is 48.3 Å². The second kappa shape index (κ2) is 8.86. The number of carbonyl (C=O) groups is 1. The lowest BCUT2D eigenvalue weighted by Gasteiger charge is -2.52. The largest absolute Gasteiger partial charge is 0.451 e. The minimum Gasteiger partial charge on any atom is -0.451 e. The van der Waals surface area contributed by atoms with Crippen molar-refractivity contribution in [2.24, 2.45) is 34.5 Å². The standard InChI is InChI=1S/C32H40N2O6/c1-16-14-31-17(2)12-23-25(30(23,5)6)22(27(31)37)13-20(15-35)26(36)32(31,39)28(16)40-29(38)24-18(3)33-34(19(24)4)21-10-8-7-9-11-21/h7-11,13-14,17,22-23,25-28,35-37,39H,12,15H2,1-6H3/t17-,22+,23-,25+,26-,27?,28+,31+,32+/m1/s1. The van der Waals surface area contributed by atoms with Crippen molar-refractivity contribution in [1.29, 1.82) is 0 Å². The highest BCUT2D eigenvalue weighted by atomic mass is 16.6. The quantitative estimate of drug-likeness (QED) is 0.341. The van der Waals surface area contributed by atoms with Gasteiger partial charge in [0.25, 0.3) is 0 Å². The molecule has 4 aliphatic rings. The number of aliphatic hydroxyl groups excluding tert-OH is 3. The molecule has 0 amide bonds. The Labute approximate surface area is 235 Å². The Hall–Kier alpha value is -2.78. The van der Waals surface area contributed by atoms with E-state index in [0.717, 1.165) is 12.1 Å². The zero-order valence-electron chi connectivity index (χ0n) is 24.0. The van der Waals surface area contributed by atoms with Crippen molar-refractivity contribution in [3.05, 3.63) is 70.6 Å². The number of fused-ring (bicyclic) bond motifs is 3. The van der Waals surface area contributed by atoms with Crippen LogP contribution >= 0.6 is 0 Å². The van der Waals surface area contributed by atoms with Crippen molar-refractivity contribution in [3.8, 4) is 5.69 Å². The number of aromatic nitrogens is 2. The van der Waals surface area contributed by atoms with Gasteiger partial charge in [-0.2, -0.15) is 5.10 Å². The summed E-state index contributed by atoms with van der Waals surface area (Å²) in [5.41, 5.74) is -0.365. The second-order valence-electron chi connectivity index (χ2n) is 13.1. The highest BCUT2D eigenvalue weighted by molar-refractivity contribution is 5.92. The van der Waals surface area contributed by atoms with Gasteiger partial charge in [-0.3, -0.25) is 0 Å². The Morgan fingerprint density at radius 2 is 1.82 bits per heavy atom. The van der Waals surface area contributed by atoms with Crippen molar-refractivity contribution >= 4 is 5.97 Å². The van der Waals surface area contributed by atoms with Crippen LogP contribution in [0.15, 0.2) is 53.6 Å². The van der Waals surface area contributed by atoms with Crippen LogP contribution in [0.25, 0.3) is 5.69 Å². The first-order valence-electron chi connectivity index (χ1n) is 14.2. The second-order valence-corrected chi connectivity index (χ2v) is 13.1. The molecule has 2 fully saturated rings. The number of esters is 1. The molecule has 0 aliphatic heterocycles. The van der Waals surface area contributed by atoms with Crippen LogP contribution < -0.4 is 0 Å². The molecule has 0 radical (unpaired) electrons. The third-order valence-corrected chi connectivity index (χ3v) is 10.9. The van der Waals surface area contributed by atoms with Gasteiger partial charge in [0.15, 0.2) is 6.10 Å². The number of para-hydroxylation sites is 1. The van der Waals surface area contributed by atoms with Gasteiger partial charge in [0.2, 0.25) is 0 Å². The number of carbonyl (C=O) groups excluding carboxylic acids is 1. The van der Waals surface area contributed by atoms with Crippen LogP contribution in [-0.2, 0) is 4.74 Å². The topological polar surface area (TPSA) is 125 Å². The van der Waals surface area contributed by atoms with Gasteiger partial charge in [0, 0.05) is 5.92 Å². The smallest absolute Gasteiger partial charge is 0.342 e. The van der Waals surface area contributed by atoms with E-state index in [-0.39, 0.29) is 34.3 Å². The van der Waals surface area contributed by atoms with Gasteiger partial charge in [-0.05, 0) is 73.6 Å². The van der Waals surface area contributed by atoms with E-state index in [1.165, 1.54) is 0 Å². The Kier molecular flexibility index (Phi) is 6.07. The number of rotatable bonds is 4. The van der Waals surface area contributed by atoms with E-state index in [4.69, 9.17) is 4.74 Å². The molecule has 8 heteroatoms. The predicted molar refractivity (Wildman–Crippen MR) is 149 cm³/mol. The van der Waals surface area contributed by atoms with Gasteiger partial charge in [-0.25, -0.2) is 9.48 Å². The fourth-order valence-electron chi connectivity index (χ4n) is 8.83. The van der Waals surface area contributed by atoms with Crippen molar-refractivity contribution < 1.29 is 30.0 Å². The highest BCUT2D eigenvalue weighted by Gasteiger charge is 2.76. The fourth-order valence-corrected chi connectivity index (χ4v) is 8.83. The average molecular weight is 549 g/mol. The molecule has 214 valence electrons. The molecule has 4 N–H and O–H groups in total. The number of hydrogen-bond acceptors (Lipinski definition) is 7. The summed E-state index contributed by atoms with van der Waals surface area (Å²) in [5, 5.41) is 51.5. The first-order chi connectivity index (χ1) is 18.8. The summed E-state index contributed by atoms with van der Waals surface area (Å²) in [6, 6.07) is 9.48. The lowest BCUT2D eigenvalue weighted by atomic mass is 9.58. The van der Waals surface area contributed by atoms with Gasteiger partial charge in [0.05, 0.1) is 35.2 Å². The molecule has 1 heterocycles. The molecule has 2 bridgehead atoms. The number of nitrogens with zero attached hydrogens (tertiary/aromatic N) is 2. The van der Waals surface area contributed by atoms with Crippen LogP contribution in [-0.4, -0.2) is 66.7 Å². The van der Waals surface area contributed by atoms with Crippen molar-refractivity contribution in [3.63, 3.8) is 0 Å². The SMILES string of the molecule is CC1=C[C@]23C(O)[C@@H](C=C(CO)[C@@H](O)[C@]2(O)[C@H]1OC(=O)c1c(C)nn(-c2ccccc2)c1C)[C@H]1[C@@H](C[C@H]3C)C1(C)C. The zero-order chi connectivity index (χ0) is 28.9. The minimum absolute atomic E-state index is 0.00316.